The average Bonchev–Trinajstić information content (AvgIpc) is 2.17. The van der Waals surface area contributed by atoms with Crippen LogP contribution >= 0.6 is 0 Å². The Labute approximate surface area is 74.7 Å². The molecule has 0 fully saturated rings. The molecule has 0 radical (unpaired) electrons. The number of benzene rings is 1. The van der Waals surface area contributed by atoms with Gasteiger partial charge in [0.25, 0.3) is 0 Å². The summed E-state index contributed by atoms with van der Waals surface area (Å²) in [6, 6.07) is 6.15. The Kier molecular flexibility index (Phi) is 1.78. The first-order valence-electron chi connectivity index (χ1n) is 3.89. The predicted molar refractivity (Wildman–Crippen MR) is 44.9 cm³/mol. The van der Waals surface area contributed by atoms with Gasteiger partial charge in [-0.1, -0.05) is 0 Å². The summed E-state index contributed by atoms with van der Waals surface area (Å²) >= 11 is 0. The van der Waals surface area contributed by atoms with Crippen LogP contribution in [0.2, 0.25) is 0 Å². The third-order valence-corrected chi connectivity index (χ3v) is 1.83. The molecule has 1 aliphatic heterocycles. The molecule has 1 atom stereocenters. The Balaban J connectivity index is 2.32. The maximum absolute atomic E-state index is 12.7. The molecule has 66 valence electrons. The number of hydrogen-bond acceptors (Lipinski definition) is 3. The molecule has 0 aromatic heterocycles. The zero-order valence-electron chi connectivity index (χ0n) is 6.75. The van der Waals surface area contributed by atoms with Crippen molar-refractivity contribution in [3.8, 4) is 11.8 Å². The molecule has 0 spiro atoms. The van der Waals surface area contributed by atoms with Crippen molar-refractivity contribution in [2.45, 2.75) is 6.10 Å². The first-order chi connectivity index (χ1) is 6.29. The number of rotatable bonds is 0. The fraction of sp³-hybridized carbons (Fsp3) is 0.222. The highest BCUT2D eigenvalue weighted by atomic mass is 19.1. The van der Waals surface area contributed by atoms with E-state index in [1.807, 2.05) is 6.07 Å². The van der Waals surface area contributed by atoms with Crippen LogP contribution in [-0.2, 0) is 0 Å². The van der Waals surface area contributed by atoms with Gasteiger partial charge in [-0.05, 0) is 12.1 Å². The predicted octanol–water partition coefficient (Wildman–Crippen LogP) is 1.52. The van der Waals surface area contributed by atoms with Crippen LogP contribution < -0.4 is 10.1 Å². The average molecular weight is 178 g/mol. The zero-order chi connectivity index (χ0) is 9.26. The monoisotopic (exact) mass is 178 g/mol. The molecule has 0 saturated heterocycles. The zero-order valence-corrected chi connectivity index (χ0v) is 6.75. The van der Waals surface area contributed by atoms with Crippen LogP contribution in [0.15, 0.2) is 18.2 Å². The van der Waals surface area contributed by atoms with Crippen molar-refractivity contribution in [1.82, 2.24) is 0 Å². The van der Waals surface area contributed by atoms with Crippen molar-refractivity contribution in [2.75, 3.05) is 11.9 Å². The molecular weight excluding hydrogens is 171 g/mol. The summed E-state index contributed by atoms with van der Waals surface area (Å²) in [5.41, 5.74) is 0.603. The van der Waals surface area contributed by atoms with E-state index < -0.39 is 6.10 Å². The van der Waals surface area contributed by atoms with E-state index in [9.17, 15) is 4.39 Å². The van der Waals surface area contributed by atoms with Crippen molar-refractivity contribution in [3.63, 3.8) is 0 Å². The van der Waals surface area contributed by atoms with Gasteiger partial charge in [-0.25, -0.2) is 4.39 Å². The lowest BCUT2D eigenvalue weighted by molar-refractivity contribution is 0.259. The minimum absolute atomic E-state index is 0.315. The van der Waals surface area contributed by atoms with Crippen molar-refractivity contribution in [3.05, 3.63) is 24.0 Å². The second kappa shape index (κ2) is 2.94. The number of halogens is 1. The highest BCUT2D eigenvalue weighted by molar-refractivity contribution is 5.58. The van der Waals surface area contributed by atoms with Gasteiger partial charge in [0.1, 0.15) is 17.6 Å². The van der Waals surface area contributed by atoms with Crippen molar-refractivity contribution < 1.29 is 9.13 Å². The Morgan fingerprint density at radius 3 is 3.23 bits per heavy atom. The largest absolute Gasteiger partial charge is 0.472 e. The van der Waals surface area contributed by atoms with Gasteiger partial charge in [0, 0.05) is 6.07 Å². The topological polar surface area (TPSA) is 45.0 Å². The summed E-state index contributed by atoms with van der Waals surface area (Å²) in [4.78, 5) is 0. The van der Waals surface area contributed by atoms with Crippen molar-refractivity contribution >= 4 is 5.69 Å². The molecule has 1 unspecified atom stereocenters. The Hall–Kier alpha value is -1.76. The maximum atomic E-state index is 12.7. The molecule has 13 heavy (non-hydrogen) atoms. The molecular formula is C9H7FN2O. The van der Waals surface area contributed by atoms with Crippen LogP contribution in [0.5, 0.6) is 5.75 Å². The summed E-state index contributed by atoms with van der Waals surface area (Å²) in [5, 5.41) is 11.5. The summed E-state index contributed by atoms with van der Waals surface area (Å²) in [6.07, 6.45) is -0.488. The van der Waals surface area contributed by atoms with Crippen molar-refractivity contribution in [1.29, 1.82) is 5.26 Å². The molecule has 1 heterocycles. The Morgan fingerprint density at radius 1 is 1.62 bits per heavy atom. The van der Waals surface area contributed by atoms with Crippen LogP contribution in [0.3, 0.4) is 0 Å². The smallest absolute Gasteiger partial charge is 0.201 e. The molecule has 1 aromatic rings. The summed E-state index contributed by atoms with van der Waals surface area (Å²) in [5.74, 6) is 0.212. The highest BCUT2D eigenvalue weighted by Crippen LogP contribution is 2.29. The Morgan fingerprint density at radius 2 is 2.46 bits per heavy atom. The van der Waals surface area contributed by atoms with E-state index in [0.29, 0.717) is 18.0 Å². The van der Waals surface area contributed by atoms with Gasteiger partial charge in [-0.3, -0.25) is 0 Å². The summed E-state index contributed by atoms with van der Waals surface area (Å²) < 4.78 is 18.0. The molecule has 0 bridgehead atoms. The SMILES string of the molecule is N#CC1CNc2cc(F)ccc2O1. The first kappa shape index (κ1) is 7.87. The molecule has 1 N–H and O–H groups in total. The molecule has 0 amide bonds. The number of hydrogen-bond donors (Lipinski definition) is 1. The van der Waals surface area contributed by atoms with E-state index in [-0.39, 0.29) is 5.82 Å². The van der Waals surface area contributed by atoms with Crippen LogP contribution in [0.1, 0.15) is 0 Å². The molecule has 1 aromatic carbocycles. The van der Waals surface area contributed by atoms with E-state index in [0.717, 1.165) is 0 Å². The molecule has 2 rings (SSSR count). The highest BCUT2D eigenvalue weighted by Gasteiger charge is 2.18. The first-order valence-corrected chi connectivity index (χ1v) is 3.89. The number of nitrogens with one attached hydrogen (secondary N) is 1. The third kappa shape index (κ3) is 1.41. The standard InChI is InChI=1S/C9H7FN2O/c10-6-1-2-9-8(3-6)12-5-7(4-11)13-9/h1-3,7,12H,5H2. The lowest BCUT2D eigenvalue weighted by Crippen LogP contribution is -2.29. The van der Waals surface area contributed by atoms with Crippen LogP contribution in [0.4, 0.5) is 10.1 Å². The van der Waals surface area contributed by atoms with E-state index in [4.69, 9.17) is 10.00 Å². The van der Waals surface area contributed by atoms with E-state index in [2.05, 4.69) is 5.32 Å². The molecule has 3 nitrogen and oxygen atoms in total. The lowest BCUT2D eigenvalue weighted by atomic mass is 10.2. The molecule has 0 aliphatic carbocycles. The summed E-state index contributed by atoms with van der Waals surface area (Å²) in [7, 11) is 0. The summed E-state index contributed by atoms with van der Waals surface area (Å²) in [6.45, 7) is 0.396. The molecule has 1 aliphatic rings. The van der Waals surface area contributed by atoms with Gasteiger partial charge in [-0.2, -0.15) is 5.26 Å². The van der Waals surface area contributed by atoms with Gasteiger partial charge < -0.3 is 10.1 Å². The fourth-order valence-corrected chi connectivity index (χ4v) is 1.21. The van der Waals surface area contributed by atoms with Crippen LogP contribution in [0.25, 0.3) is 0 Å². The number of fused-ring (bicyclic) bond motifs is 1. The Bertz CT molecular complexity index is 372. The number of anilines is 1. The van der Waals surface area contributed by atoms with E-state index >= 15 is 0 Å². The van der Waals surface area contributed by atoms with Crippen molar-refractivity contribution in [2.24, 2.45) is 0 Å². The maximum Gasteiger partial charge on any atom is 0.201 e. The third-order valence-electron chi connectivity index (χ3n) is 1.83. The second-order valence-corrected chi connectivity index (χ2v) is 2.76. The van der Waals surface area contributed by atoms with Gasteiger partial charge in [-0.15, -0.1) is 0 Å². The number of nitriles is 1. The van der Waals surface area contributed by atoms with Crippen LogP contribution in [0, 0.1) is 17.1 Å². The van der Waals surface area contributed by atoms with Gasteiger partial charge in [0.15, 0.2) is 0 Å². The molecule has 4 heteroatoms. The van der Waals surface area contributed by atoms with E-state index in [1.54, 1.807) is 0 Å². The minimum atomic E-state index is -0.488. The quantitative estimate of drug-likeness (QED) is 0.655. The number of ether oxygens (including phenoxy) is 1. The molecule has 0 saturated carbocycles. The van der Waals surface area contributed by atoms with Crippen LogP contribution in [-0.4, -0.2) is 12.6 Å². The van der Waals surface area contributed by atoms with Gasteiger partial charge >= 0.3 is 0 Å². The normalized spacial score (nSPS) is 19.2. The van der Waals surface area contributed by atoms with Gasteiger partial charge in [0.2, 0.25) is 6.10 Å². The lowest BCUT2D eigenvalue weighted by Gasteiger charge is -2.22. The van der Waals surface area contributed by atoms with Gasteiger partial charge in [0.05, 0.1) is 12.2 Å². The second-order valence-electron chi connectivity index (χ2n) is 2.76. The number of nitrogens with zero attached hydrogens (tertiary/aromatic N) is 1. The fourth-order valence-electron chi connectivity index (χ4n) is 1.21. The minimum Gasteiger partial charge on any atom is -0.472 e. The van der Waals surface area contributed by atoms with E-state index in [1.165, 1.54) is 18.2 Å².